The van der Waals surface area contributed by atoms with E-state index in [0.717, 1.165) is 64.8 Å². The van der Waals surface area contributed by atoms with E-state index in [1.807, 2.05) is 16.7 Å². The Morgan fingerprint density at radius 1 is 1.14 bits per heavy atom. The first-order valence-corrected chi connectivity index (χ1v) is 11.0. The summed E-state index contributed by atoms with van der Waals surface area (Å²) in [7, 11) is 1.48. The van der Waals surface area contributed by atoms with Gasteiger partial charge in [0.15, 0.2) is 0 Å². The minimum atomic E-state index is -0.181. The average molecular weight is 396 g/mol. The van der Waals surface area contributed by atoms with Crippen molar-refractivity contribution in [1.29, 1.82) is 0 Å². The van der Waals surface area contributed by atoms with Crippen molar-refractivity contribution in [2.24, 2.45) is 5.41 Å². The molecule has 7 nitrogen and oxygen atoms in total. The molecule has 0 atom stereocenters. The molecule has 0 N–H and O–H groups in total. The number of methoxy groups -OCH3 is 1. The highest BCUT2D eigenvalue weighted by Gasteiger charge is 2.51. The highest BCUT2D eigenvalue weighted by atomic mass is 16.6. The molecule has 2 amide bonds. The van der Waals surface area contributed by atoms with Gasteiger partial charge in [0.1, 0.15) is 0 Å². The van der Waals surface area contributed by atoms with Gasteiger partial charge in [-0.3, -0.25) is 0 Å². The molecule has 2 saturated heterocycles. The molecule has 1 spiro atoms. The lowest BCUT2D eigenvalue weighted by Gasteiger charge is -2.52. The van der Waals surface area contributed by atoms with Crippen molar-refractivity contribution < 1.29 is 19.1 Å². The van der Waals surface area contributed by atoms with Crippen LogP contribution < -0.4 is 0 Å². The van der Waals surface area contributed by atoms with Gasteiger partial charge >= 0.3 is 12.2 Å². The second-order valence-electron chi connectivity index (χ2n) is 8.72. The van der Waals surface area contributed by atoms with Gasteiger partial charge < -0.3 is 24.2 Å². The molecule has 1 saturated carbocycles. The van der Waals surface area contributed by atoms with E-state index in [2.05, 4.69) is 11.8 Å². The van der Waals surface area contributed by atoms with E-state index in [1.54, 1.807) is 0 Å². The predicted octanol–water partition coefficient (Wildman–Crippen LogP) is 3.33. The van der Waals surface area contributed by atoms with Crippen molar-refractivity contribution in [2.75, 3.05) is 46.4 Å². The SMILES string of the molecule is CCCCN(C(=O)OC)C1CCN(C2CC3(CCN(C(=O)OCC)C3)C2)CC1. The number of nitrogens with zero attached hydrogens (tertiary/aromatic N) is 3. The summed E-state index contributed by atoms with van der Waals surface area (Å²) in [4.78, 5) is 30.5. The maximum atomic E-state index is 12.1. The van der Waals surface area contributed by atoms with Gasteiger partial charge in [-0.2, -0.15) is 0 Å². The number of likely N-dealkylation sites (tertiary alicyclic amines) is 2. The van der Waals surface area contributed by atoms with Crippen LogP contribution in [-0.2, 0) is 9.47 Å². The van der Waals surface area contributed by atoms with Crippen LogP contribution in [0.25, 0.3) is 0 Å². The molecule has 1 aliphatic carbocycles. The fraction of sp³-hybridized carbons (Fsp3) is 0.905. The molecule has 0 unspecified atom stereocenters. The molecule has 3 rings (SSSR count). The normalized spacial score (nSPS) is 28.2. The summed E-state index contributed by atoms with van der Waals surface area (Å²) in [5, 5.41) is 0. The van der Waals surface area contributed by atoms with Crippen molar-refractivity contribution in [3.63, 3.8) is 0 Å². The first kappa shape index (κ1) is 21.2. The highest BCUT2D eigenvalue weighted by molar-refractivity contribution is 5.68. The van der Waals surface area contributed by atoms with E-state index in [9.17, 15) is 9.59 Å². The van der Waals surface area contributed by atoms with Crippen LogP contribution >= 0.6 is 0 Å². The van der Waals surface area contributed by atoms with E-state index in [-0.39, 0.29) is 12.2 Å². The lowest BCUT2D eigenvalue weighted by atomic mass is 9.64. The number of hydrogen-bond donors (Lipinski definition) is 0. The smallest absolute Gasteiger partial charge is 0.409 e. The Morgan fingerprint density at radius 2 is 1.86 bits per heavy atom. The zero-order chi connectivity index (χ0) is 20.1. The third kappa shape index (κ3) is 4.56. The molecule has 0 radical (unpaired) electrons. The van der Waals surface area contributed by atoms with Crippen LogP contribution in [-0.4, -0.2) is 85.4 Å². The lowest BCUT2D eigenvalue weighted by Crippen LogP contribution is -2.56. The van der Waals surface area contributed by atoms with Crippen LogP contribution in [0.1, 0.15) is 58.8 Å². The molecule has 0 bridgehead atoms. The Bertz CT molecular complexity index is 542. The molecule has 0 aromatic heterocycles. The van der Waals surface area contributed by atoms with Crippen molar-refractivity contribution in [2.45, 2.75) is 70.9 Å². The number of piperidine rings is 1. The number of carbonyl (C=O) groups excluding carboxylic acids is 2. The van der Waals surface area contributed by atoms with E-state index in [4.69, 9.17) is 9.47 Å². The fourth-order valence-electron chi connectivity index (χ4n) is 5.27. The second kappa shape index (κ2) is 9.33. The van der Waals surface area contributed by atoms with Crippen LogP contribution in [0.2, 0.25) is 0 Å². The third-order valence-corrected chi connectivity index (χ3v) is 6.92. The van der Waals surface area contributed by atoms with Crippen molar-refractivity contribution in [1.82, 2.24) is 14.7 Å². The summed E-state index contributed by atoms with van der Waals surface area (Å²) in [5.41, 5.74) is 0.313. The van der Waals surface area contributed by atoms with Gasteiger partial charge in [-0.25, -0.2) is 9.59 Å². The quantitative estimate of drug-likeness (QED) is 0.690. The van der Waals surface area contributed by atoms with Gasteiger partial charge in [0, 0.05) is 44.8 Å². The summed E-state index contributed by atoms with van der Waals surface area (Å²) in [6.45, 7) is 9.03. The molecule has 2 aliphatic heterocycles. The van der Waals surface area contributed by atoms with E-state index in [0.29, 0.717) is 24.1 Å². The molecular formula is C21H37N3O4. The van der Waals surface area contributed by atoms with Gasteiger partial charge in [0.25, 0.3) is 0 Å². The second-order valence-corrected chi connectivity index (χ2v) is 8.72. The topological polar surface area (TPSA) is 62.3 Å². The van der Waals surface area contributed by atoms with Crippen molar-refractivity contribution >= 4 is 12.2 Å². The van der Waals surface area contributed by atoms with Crippen LogP contribution in [0.15, 0.2) is 0 Å². The molecule has 7 heteroatoms. The number of rotatable bonds is 6. The average Bonchev–Trinajstić information content (AvgIpc) is 3.13. The maximum Gasteiger partial charge on any atom is 0.409 e. The number of amides is 2. The molecule has 2 heterocycles. The standard InChI is InChI=1S/C21H37N3O4/c1-4-6-10-24(20(26)27-3)17-7-11-22(12-8-17)18-14-21(15-18)9-13-23(16-21)19(25)28-5-2/h17-18H,4-16H2,1-3H3. The predicted molar refractivity (Wildman–Crippen MR) is 107 cm³/mol. The number of ether oxygens (including phenoxy) is 2. The first-order valence-electron chi connectivity index (χ1n) is 11.0. The van der Waals surface area contributed by atoms with Gasteiger partial charge in [0.05, 0.1) is 13.7 Å². The first-order chi connectivity index (χ1) is 13.5. The van der Waals surface area contributed by atoms with Crippen LogP contribution in [0, 0.1) is 5.41 Å². The number of unbranched alkanes of at least 4 members (excludes halogenated alkanes) is 1. The molecular weight excluding hydrogens is 358 g/mol. The maximum absolute atomic E-state index is 12.1. The molecule has 0 aromatic rings. The summed E-state index contributed by atoms with van der Waals surface area (Å²) >= 11 is 0. The molecule has 160 valence electrons. The number of carbonyl (C=O) groups is 2. The number of hydrogen-bond acceptors (Lipinski definition) is 5. The Kier molecular flexibility index (Phi) is 7.07. The zero-order valence-electron chi connectivity index (χ0n) is 17.8. The molecule has 3 fully saturated rings. The molecule has 3 aliphatic rings. The van der Waals surface area contributed by atoms with Crippen molar-refractivity contribution in [3.05, 3.63) is 0 Å². The monoisotopic (exact) mass is 395 g/mol. The van der Waals surface area contributed by atoms with Gasteiger partial charge in [-0.1, -0.05) is 13.3 Å². The molecule has 28 heavy (non-hydrogen) atoms. The van der Waals surface area contributed by atoms with E-state index >= 15 is 0 Å². The van der Waals surface area contributed by atoms with Crippen LogP contribution in [0.5, 0.6) is 0 Å². The largest absolute Gasteiger partial charge is 0.453 e. The van der Waals surface area contributed by atoms with Crippen LogP contribution in [0.4, 0.5) is 9.59 Å². The Morgan fingerprint density at radius 3 is 2.46 bits per heavy atom. The van der Waals surface area contributed by atoms with Gasteiger partial charge in [-0.05, 0) is 50.9 Å². The van der Waals surface area contributed by atoms with E-state index in [1.165, 1.54) is 20.0 Å². The summed E-state index contributed by atoms with van der Waals surface area (Å²) in [6, 6.07) is 0.931. The highest BCUT2D eigenvalue weighted by Crippen LogP contribution is 2.50. The van der Waals surface area contributed by atoms with Gasteiger partial charge in [-0.15, -0.1) is 0 Å². The van der Waals surface area contributed by atoms with Crippen molar-refractivity contribution in [3.8, 4) is 0 Å². The fourth-order valence-corrected chi connectivity index (χ4v) is 5.27. The van der Waals surface area contributed by atoms with Gasteiger partial charge in [0.2, 0.25) is 0 Å². The minimum Gasteiger partial charge on any atom is -0.453 e. The van der Waals surface area contributed by atoms with Crippen LogP contribution in [0.3, 0.4) is 0 Å². The zero-order valence-corrected chi connectivity index (χ0v) is 17.8. The summed E-state index contributed by atoms with van der Waals surface area (Å²) < 4.78 is 10.2. The third-order valence-electron chi connectivity index (χ3n) is 6.92. The molecule has 0 aromatic carbocycles. The summed E-state index contributed by atoms with van der Waals surface area (Å²) in [5.74, 6) is 0. The van der Waals surface area contributed by atoms with E-state index < -0.39 is 0 Å². The summed E-state index contributed by atoms with van der Waals surface area (Å²) in [6.07, 6.45) is 7.30. The Labute approximate surface area is 169 Å². The minimum absolute atomic E-state index is 0.154. The lowest BCUT2D eigenvalue weighted by molar-refractivity contribution is -0.0152. The Hall–Kier alpha value is -1.50. The Balaban J connectivity index is 1.44.